The quantitative estimate of drug-likeness (QED) is 0.328. The van der Waals surface area contributed by atoms with Crippen LogP contribution < -0.4 is 5.43 Å². The zero-order chi connectivity index (χ0) is 21.7. The van der Waals surface area contributed by atoms with Gasteiger partial charge < -0.3 is 9.47 Å². The van der Waals surface area contributed by atoms with Gasteiger partial charge in [0.15, 0.2) is 10.7 Å². The number of thiophene rings is 1. The summed E-state index contributed by atoms with van der Waals surface area (Å²) in [5, 5.41) is 14.4. The van der Waals surface area contributed by atoms with Crippen LogP contribution >= 0.6 is 22.7 Å². The summed E-state index contributed by atoms with van der Waals surface area (Å²) in [6, 6.07) is 9.54. The zero-order valence-corrected chi connectivity index (χ0v) is 18.1. The molecular weight excluding hydrogens is 424 g/mol. The predicted octanol–water partition coefficient (Wildman–Crippen LogP) is 4.36. The first-order chi connectivity index (χ1) is 14.5. The number of esters is 2. The Balaban J connectivity index is 1.99. The van der Waals surface area contributed by atoms with Crippen molar-refractivity contribution in [2.45, 2.75) is 20.8 Å². The molecule has 2 heterocycles. The molecule has 0 aliphatic carbocycles. The van der Waals surface area contributed by atoms with Crippen LogP contribution in [0.4, 0.5) is 5.00 Å². The van der Waals surface area contributed by atoms with Crippen molar-refractivity contribution < 1.29 is 19.1 Å². The highest BCUT2D eigenvalue weighted by Crippen LogP contribution is 2.34. The first kappa shape index (κ1) is 21.4. The van der Waals surface area contributed by atoms with E-state index in [2.05, 4.69) is 15.5 Å². The van der Waals surface area contributed by atoms with E-state index in [9.17, 15) is 14.9 Å². The smallest absolute Gasteiger partial charge is 0.348 e. The van der Waals surface area contributed by atoms with E-state index in [0.29, 0.717) is 15.6 Å². The number of carbonyl (C=O) groups is 2. The average Bonchev–Trinajstić information content (AvgIpc) is 3.30. The van der Waals surface area contributed by atoms with Crippen molar-refractivity contribution in [3.63, 3.8) is 0 Å². The number of carbonyl (C=O) groups excluding carboxylic acids is 2. The Morgan fingerprint density at radius 1 is 1.17 bits per heavy atom. The van der Waals surface area contributed by atoms with Gasteiger partial charge in [0.2, 0.25) is 0 Å². The third-order valence-electron chi connectivity index (χ3n) is 3.96. The number of anilines is 1. The Hall–Kier alpha value is -3.29. The first-order valence-electron chi connectivity index (χ1n) is 9.07. The van der Waals surface area contributed by atoms with Gasteiger partial charge in [-0.1, -0.05) is 12.1 Å². The van der Waals surface area contributed by atoms with Crippen LogP contribution in [0, 0.1) is 18.3 Å². The van der Waals surface area contributed by atoms with E-state index in [1.807, 2.05) is 30.3 Å². The van der Waals surface area contributed by atoms with Crippen LogP contribution in [0.15, 0.2) is 29.4 Å². The summed E-state index contributed by atoms with van der Waals surface area (Å²) < 4.78 is 11.1. The molecule has 2 aromatic heterocycles. The molecule has 0 saturated carbocycles. The molecule has 1 aromatic carbocycles. The minimum Gasteiger partial charge on any atom is -0.462 e. The Morgan fingerprint density at radius 2 is 1.87 bits per heavy atom. The highest BCUT2D eigenvalue weighted by atomic mass is 32.1. The lowest BCUT2D eigenvalue weighted by molar-refractivity contribution is 0.0527. The highest BCUT2D eigenvalue weighted by Gasteiger charge is 2.26. The molecule has 0 fully saturated rings. The molecule has 0 aliphatic heterocycles. The number of aromatic nitrogens is 1. The van der Waals surface area contributed by atoms with E-state index in [4.69, 9.17) is 9.47 Å². The molecule has 0 bridgehead atoms. The van der Waals surface area contributed by atoms with Gasteiger partial charge in [0.25, 0.3) is 0 Å². The van der Waals surface area contributed by atoms with Gasteiger partial charge in [-0.05, 0) is 38.5 Å². The van der Waals surface area contributed by atoms with E-state index in [1.54, 1.807) is 20.8 Å². The number of benzene rings is 1. The number of hydrogen-bond acceptors (Lipinski definition) is 10. The second kappa shape index (κ2) is 9.47. The van der Waals surface area contributed by atoms with Gasteiger partial charge in [-0.25, -0.2) is 14.6 Å². The molecule has 0 aliphatic rings. The number of nitrogens with one attached hydrogen (secondary N) is 1. The Morgan fingerprint density at radius 3 is 2.53 bits per heavy atom. The summed E-state index contributed by atoms with van der Waals surface area (Å²) in [4.78, 5) is 29.4. The van der Waals surface area contributed by atoms with Crippen LogP contribution in [0.5, 0.6) is 0 Å². The zero-order valence-electron chi connectivity index (χ0n) is 16.5. The topological polar surface area (TPSA) is 114 Å². The van der Waals surface area contributed by atoms with Crippen LogP contribution in [0.1, 0.15) is 44.4 Å². The van der Waals surface area contributed by atoms with Crippen molar-refractivity contribution >= 4 is 55.5 Å². The number of nitrogens with zero attached hydrogens (tertiary/aromatic N) is 3. The number of nitriles is 1. The fraction of sp³-hybridized carbons (Fsp3) is 0.250. The van der Waals surface area contributed by atoms with Crippen LogP contribution in [0.3, 0.4) is 0 Å². The highest BCUT2D eigenvalue weighted by molar-refractivity contribution is 7.20. The van der Waals surface area contributed by atoms with E-state index in [1.165, 1.54) is 11.3 Å². The molecule has 0 radical (unpaired) electrons. The maximum atomic E-state index is 12.5. The molecule has 8 nitrogen and oxygen atoms in total. The SMILES string of the molecule is CCOC(=O)c1sc(N/N=C(\C#N)c2nc3ccccc3s2)c(C(=O)OCC)c1C. The lowest BCUT2D eigenvalue weighted by Gasteiger charge is -2.05. The largest absolute Gasteiger partial charge is 0.462 e. The van der Waals surface area contributed by atoms with Crippen LogP contribution in [0.2, 0.25) is 0 Å². The van der Waals surface area contributed by atoms with E-state index in [-0.39, 0.29) is 29.4 Å². The van der Waals surface area contributed by atoms with E-state index >= 15 is 0 Å². The normalized spacial score (nSPS) is 11.2. The summed E-state index contributed by atoms with van der Waals surface area (Å²) in [6.45, 7) is 5.43. The number of ether oxygens (including phenoxy) is 2. The molecular formula is C20H18N4O4S2. The number of rotatable bonds is 7. The number of fused-ring (bicyclic) bond motifs is 1. The summed E-state index contributed by atoms with van der Waals surface area (Å²) in [5.41, 5.74) is 4.21. The first-order valence-corrected chi connectivity index (χ1v) is 10.7. The molecule has 0 unspecified atom stereocenters. The average molecular weight is 443 g/mol. The number of thiazole rings is 1. The van der Waals surface area contributed by atoms with Crippen molar-refractivity contribution in [3.05, 3.63) is 45.3 Å². The van der Waals surface area contributed by atoms with Gasteiger partial charge in [0.1, 0.15) is 15.9 Å². The number of hydrogen-bond donors (Lipinski definition) is 1. The van der Waals surface area contributed by atoms with Crippen molar-refractivity contribution in [1.82, 2.24) is 4.98 Å². The minimum atomic E-state index is -0.585. The maximum absolute atomic E-state index is 12.5. The molecule has 1 N–H and O–H groups in total. The Kier molecular flexibility index (Phi) is 6.76. The lowest BCUT2D eigenvalue weighted by Crippen LogP contribution is -2.09. The van der Waals surface area contributed by atoms with Crippen molar-refractivity contribution in [3.8, 4) is 6.07 Å². The molecule has 30 heavy (non-hydrogen) atoms. The summed E-state index contributed by atoms with van der Waals surface area (Å²) >= 11 is 2.36. The minimum absolute atomic E-state index is 0.0646. The van der Waals surface area contributed by atoms with Crippen LogP contribution in [0.25, 0.3) is 10.2 Å². The van der Waals surface area contributed by atoms with Gasteiger partial charge in [0.05, 0.1) is 29.0 Å². The van der Waals surface area contributed by atoms with Gasteiger partial charge in [-0.15, -0.1) is 22.7 Å². The van der Waals surface area contributed by atoms with Crippen molar-refractivity contribution in [2.24, 2.45) is 5.10 Å². The van der Waals surface area contributed by atoms with Crippen molar-refractivity contribution in [2.75, 3.05) is 18.6 Å². The molecule has 3 aromatic rings. The second-order valence-corrected chi connectivity index (χ2v) is 7.92. The third kappa shape index (κ3) is 4.32. The number of hydrazone groups is 1. The number of para-hydroxylation sites is 1. The van der Waals surface area contributed by atoms with Gasteiger partial charge in [-0.2, -0.15) is 10.4 Å². The second-order valence-electron chi connectivity index (χ2n) is 5.87. The van der Waals surface area contributed by atoms with Gasteiger partial charge in [-0.3, -0.25) is 5.43 Å². The molecule has 0 saturated heterocycles. The van der Waals surface area contributed by atoms with Gasteiger partial charge >= 0.3 is 11.9 Å². The maximum Gasteiger partial charge on any atom is 0.348 e. The standard InChI is InChI=1S/C20H18N4O4S2/c1-4-27-19(25)15-11(3)16(20(26)28-5-2)30-18(15)24-23-13(10-21)17-22-12-8-6-7-9-14(12)29-17/h6-9,24H,4-5H2,1-3H3/b23-13+. The molecule has 10 heteroatoms. The van der Waals surface area contributed by atoms with E-state index in [0.717, 1.165) is 21.6 Å². The molecule has 0 atom stereocenters. The summed E-state index contributed by atoms with van der Waals surface area (Å²) in [6.07, 6.45) is 0. The summed E-state index contributed by atoms with van der Waals surface area (Å²) in [5.74, 6) is -1.12. The van der Waals surface area contributed by atoms with Crippen LogP contribution in [-0.4, -0.2) is 35.8 Å². The fourth-order valence-electron chi connectivity index (χ4n) is 2.63. The van der Waals surface area contributed by atoms with Gasteiger partial charge in [0, 0.05) is 0 Å². The van der Waals surface area contributed by atoms with E-state index < -0.39 is 11.9 Å². The lowest BCUT2D eigenvalue weighted by atomic mass is 10.1. The monoisotopic (exact) mass is 442 g/mol. The molecule has 0 spiro atoms. The Bertz CT molecular complexity index is 1140. The fourth-order valence-corrected chi connectivity index (χ4v) is 4.57. The van der Waals surface area contributed by atoms with Crippen molar-refractivity contribution in [1.29, 1.82) is 5.26 Å². The molecule has 3 rings (SSSR count). The molecule has 154 valence electrons. The summed E-state index contributed by atoms with van der Waals surface area (Å²) in [7, 11) is 0. The predicted molar refractivity (Wildman–Crippen MR) is 116 cm³/mol. The van der Waals surface area contributed by atoms with Crippen LogP contribution in [-0.2, 0) is 9.47 Å². The third-order valence-corrected chi connectivity index (χ3v) is 6.18. The molecule has 0 amide bonds. The Labute approximate surface area is 180 Å².